The lowest BCUT2D eigenvalue weighted by atomic mass is 9.45. The molecule has 0 aromatic rings. The minimum absolute atomic E-state index is 0.00601. The van der Waals surface area contributed by atoms with E-state index in [4.69, 9.17) is 18.9 Å². The molecule has 0 radical (unpaired) electrons. The van der Waals surface area contributed by atoms with Crippen molar-refractivity contribution in [3.05, 3.63) is 0 Å². The zero-order valence-electron chi connectivity index (χ0n) is 31.7. The average Bonchev–Trinajstić information content (AvgIpc) is 3.45. The van der Waals surface area contributed by atoms with Crippen LogP contribution in [0.25, 0.3) is 0 Å². The Morgan fingerprint density at radius 3 is 2.44 bits per heavy atom. The third kappa shape index (κ3) is 4.84. The van der Waals surface area contributed by atoms with Gasteiger partial charge in [-0.15, -0.1) is 0 Å². The molecule has 2 saturated heterocycles. The summed E-state index contributed by atoms with van der Waals surface area (Å²) in [4.78, 5) is 14.7. The topological polar surface area (TPSA) is 97.7 Å². The van der Waals surface area contributed by atoms with Crippen LogP contribution in [-0.2, 0) is 23.7 Å². The van der Waals surface area contributed by atoms with Crippen molar-refractivity contribution in [2.24, 2.45) is 63.1 Å². The Bertz CT molecular complexity index is 1230. The molecule has 2 heterocycles. The molecule has 5 aliphatic carbocycles. The predicted molar refractivity (Wildman–Crippen MR) is 184 cm³/mol. The van der Waals surface area contributed by atoms with Gasteiger partial charge in [0.25, 0.3) is 0 Å². The quantitative estimate of drug-likeness (QED) is 0.339. The number of amides is 1. The minimum atomic E-state index is -1.02. The number of fused-ring (bicyclic) bond motifs is 4. The fourth-order valence-corrected chi connectivity index (χ4v) is 14.4. The first-order chi connectivity index (χ1) is 22.5. The van der Waals surface area contributed by atoms with Crippen molar-refractivity contribution in [2.75, 3.05) is 26.3 Å². The molecule has 0 aromatic carbocycles. The van der Waals surface area contributed by atoms with Gasteiger partial charge in [-0.1, -0.05) is 48.5 Å². The Hall–Kier alpha value is -0.770. The number of carbonyl (C=O) groups is 1. The smallest absolute Gasteiger partial charge is 0.225 e. The molecule has 7 fully saturated rings. The van der Waals surface area contributed by atoms with Crippen LogP contribution in [-0.4, -0.2) is 89.7 Å². The fourth-order valence-electron chi connectivity index (χ4n) is 14.4. The summed E-state index contributed by atoms with van der Waals surface area (Å²) in [6.45, 7) is 24.1. The number of hydrogen-bond acceptors (Lipinski definition) is 7. The Balaban J connectivity index is 1.11. The van der Waals surface area contributed by atoms with Gasteiger partial charge >= 0.3 is 0 Å². The summed E-state index contributed by atoms with van der Waals surface area (Å²) in [6, 6.07) is 0. The number of nitrogens with zero attached hydrogens (tertiary/aromatic N) is 1. The number of carbonyl (C=O) groups excluding carboxylic acids is 1. The molecule has 1 amide bonds. The van der Waals surface area contributed by atoms with E-state index in [1.807, 2.05) is 39.5 Å². The van der Waals surface area contributed by atoms with Gasteiger partial charge in [0.05, 0.1) is 43.2 Å². The summed E-state index contributed by atoms with van der Waals surface area (Å²) in [5, 5.41) is 23.5. The first-order valence-corrected chi connectivity index (χ1v) is 19.7. The second-order valence-corrected chi connectivity index (χ2v) is 19.2. The van der Waals surface area contributed by atoms with Gasteiger partial charge in [0.2, 0.25) is 5.91 Å². The summed E-state index contributed by atoms with van der Waals surface area (Å²) in [5.41, 5.74) is -0.424. The molecule has 0 bridgehead atoms. The fraction of sp³-hybridized carbons (Fsp3) is 0.975. The first-order valence-electron chi connectivity index (χ1n) is 19.7. The van der Waals surface area contributed by atoms with Crippen molar-refractivity contribution in [1.82, 2.24) is 4.90 Å². The molecule has 2 N–H and O–H groups in total. The molecule has 5 saturated carbocycles. The van der Waals surface area contributed by atoms with Crippen molar-refractivity contribution in [1.29, 1.82) is 0 Å². The van der Waals surface area contributed by atoms with E-state index >= 15 is 0 Å². The van der Waals surface area contributed by atoms with Crippen molar-refractivity contribution in [2.45, 2.75) is 157 Å². The number of hydrogen-bond donors (Lipinski definition) is 2. The summed E-state index contributed by atoms with van der Waals surface area (Å²) in [6.07, 6.45) is 6.17. The highest BCUT2D eigenvalue weighted by Gasteiger charge is 2.85. The Kier molecular flexibility index (Phi) is 8.82. The molecule has 0 aromatic heterocycles. The zero-order valence-corrected chi connectivity index (χ0v) is 31.7. The van der Waals surface area contributed by atoms with E-state index < -0.39 is 17.8 Å². The van der Waals surface area contributed by atoms with Crippen LogP contribution in [0.1, 0.15) is 114 Å². The molecule has 274 valence electrons. The molecule has 48 heavy (non-hydrogen) atoms. The molecular weight excluding hydrogens is 606 g/mol. The van der Waals surface area contributed by atoms with Gasteiger partial charge in [-0.3, -0.25) is 4.79 Å². The second-order valence-electron chi connectivity index (χ2n) is 19.2. The lowest BCUT2D eigenvalue weighted by Gasteiger charge is -2.60. The lowest BCUT2D eigenvalue weighted by Crippen LogP contribution is -2.57. The van der Waals surface area contributed by atoms with Gasteiger partial charge in [0.1, 0.15) is 6.10 Å². The monoisotopic (exact) mass is 673 g/mol. The molecule has 2 unspecified atom stereocenters. The third-order valence-electron chi connectivity index (χ3n) is 16.1. The molecular formula is C40H67NO7. The van der Waals surface area contributed by atoms with Gasteiger partial charge in [0, 0.05) is 19.1 Å². The van der Waals surface area contributed by atoms with Crippen LogP contribution < -0.4 is 0 Å². The maximum absolute atomic E-state index is 12.8. The summed E-state index contributed by atoms with van der Waals surface area (Å²) in [7, 11) is 0. The van der Waals surface area contributed by atoms with Crippen molar-refractivity contribution < 1.29 is 34.0 Å². The van der Waals surface area contributed by atoms with Crippen molar-refractivity contribution in [3.63, 3.8) is 0 Å². The number of aliphatic hydroxyl groups excluding tert-OH is 1. The zero-order chi connectivity index (χ0) is 34.8. The maximum atomic E-state index is 12.8. The Morgan fingerprint density at radius 2 is 1.77 bits per heavy atom. The van der Waals surface area contributed by atoms with E-state index in [2.05, 4.69) is 34.6 Å². The molecule has 7 rings (SSSR count). The van der Waals surface area contributed by atoms with Gasteiger partial charge in [-0.2, -0.15) is 0 Å². The van der Waals surface area contributed by atoms with Gasteiger partial charge in [-0.25, -0.2) is 0 Å². The van der Waals surface area contributed by atoms with E-state index in [0.29, 0.717) is 55.9 Å². The van der Waals surface area contributed by atoms with E-state index in [9.17, 15) is 15.0 Å². The number of morpholine rings is 1. The highest BCUT2D eigenvalue weighted by atomic mass is 16.7. The number of aliphatic hydroxyl groups is 2. The number of rotatable bonds is 7. The van der Waals surface area contributed by atoms with Crippen LogP contribution in [0.2, 0.25) is 0 Å². The van der Waals surface area contributed by atoms with E-state index in [-0.39, 0.29) is 64.0 Å². The van der Waals surface area contributed by atoms with Crippen molar-refractivity contribution in [3.8, 4) is 0 Å². The SMILES string of the molecule is CCO[C@@H]([C@H]1C[C@@H](C)C2[C@H](O1)[C@H](O)C1[C@@H]3CC[C@H]4C(C)(C)[C@@H](O[C@H]5CN(C(=O)C(C)C)CCO5)CC[C@@]45[C@@H](C)[C@@]35CC[C@]21C)C(C)(C)O. The number of ether oxygens (including phenoxy) is 4. The molecule has 7 aliphatic rings. The van der Waals surface area contributed by atoms with Crippen LogP contribution in [0.3, 0.4) is 0 Å². The van der Waals surface area contributed by atoms with Gasteiger partial charge < -0.3 is 34.1 Å². The Morgan fingerprint density at radius 1 is 1.04 bits per heavy atom. The molecule has 8 heteroatoms. The molecule has 2 aliphatic heterocycles. The van der Waals surface area contributed by atoms with Crippen LogP contribution >= 0.6 is 0 Å². The minimum Gasteiger partial charge on any atom is -0.390 e. The standard InChI is InChI=1S/C40H67NO7/c1-11-45-34(37(8,9)44)26-20-23(4)30-33(47-26)32(42)31-25-12-13-27-36(6,7)28(48-29-21-41(18-19-46-29)35(43)22(2)3)14-15-40(27)24(5)39(25,40)17-16-38(30,31)10/h22-34,42,44H,11-21H2,1-10H3/t23-,24+,25+,26-,27+,28+,29+,30?,31?,32-,33+,34+,38-,39+,40-/m1/s1. The average molecular weight is 674 g/mol. The van der Waals surface area contributed by atoms with E-state index in [1.54, 1.807) is 0 Å². The van der Waals surface area contributed by atoms with Crippen LogP contribution in [0.15, 0.2) is 0 Å². The molecule has 2 spiro atoms. The molecule has 8 nitrogen and oxygen atoms in total. The predicted octanol–water partition coefficient (Wildman–Crippen LogP) is 6.06. The third-order valence-corrected chi connectivity index (χ3v) is 16.1. The summed E-state index contributed by atoms with van der Waals surface area (Å²) >= 11 is 0. The first kappa shape index (κ1) is 35.6. The highest BCUT2D eigenvalue weighted by Crippen LogP contribution is 2.89. The Labute approximate surface area is 290 Å². The van der Waals surface area contributed by atoms with Gasteiger partial charge in [0.15, 0.2) is 6.29 Å². The normalized spacial score (nSPS) is 50.1. The van der Waals surface area contributed by atoms with Crippen LogP contribution in [0.4, 0.5) is 0 Å². The van der Waals surface area contributed by atoms with Crippen LogP contribution in [0, 0.1) is 63.1 Å². The largest absolute Gasteiger partial charge is 0.390 e. The molecule has 15 atom stereocenters. The van der Waals surface area contributed by atoms with Crippen molar-refractivity contribution >= 4 is 5.91 Å². The summed E-state index contributed by atoms with van der Waals surface area (Å²) < 4.78 is 26.0. The lowest BCUT2D eigenvalue weighted by molar-refractivity contribution is -0.245. The van der Waals surface area contributed by atoms with E-state index in [0.717, 1.165) is 25.7 Å². The summed E-state index contributed by atoms with van der Waals surface area (Å²) in [5.74, 6) is 2.80. The second kappa shape index (κ2) is 11.9. The van der Waals surface area contributed by atoms with Crippen LogP contribution in [0.5, 0.6) is 0 Å². The van der Waals surface area contributed by atoms with E-state index in [1.165, 1.54) is 19.3 Å². The highest BCUT2D eigenvalue weighted by molar-refractivity contribution is 5.78. The van der Waals surface area contributed by atoms with Gasteiger partial charge in [-0.05, 0) is 123 Å². The maximum Gasteiger partial charge on any atom is 0.225 e.